The summed E-state index contributed by atoms with van der Waals surface area (Å²) in [5.74, 6) is -0.452. The first-order chi connectivity index (χ1) is 10.8. The van der Waals surface area contributed by atoms with Gasteiger partial charge in [0.25, 0.3) is 5.91 Å². The molecule has 1 aromatic carbocycles. The number of carbonyl (C=O) groups excluding carboxylic acids is 2. The number of hydrogen-bond acceptors (Lipinski definition) is 4. The Morgan fingerprint density at radius 3 is 2.70 bits per heavy atom. The molecule has 0 spiro atoms. The molecular formula is C18H21NO4. The normalized spacial score (nSPS) is 34.1. The fraction of sp³-hybridized carbons (Fsp3) is 0.556. The van der Waals surface area contributed by atoms with Gasteiger partial charge in [-0.15, -0.1) is 4.99 Å². The molecule has 2 bridgehead atoms. The van der Waals surface area contributed by atoms with Gasteiger partial charge in [0, 0.05) is 0 Å². The molecule has 1 amide bonds. The van der Waals surface area contributed by atoms with E-state index in [9.17, 15) is 9.59 Å². The van der Waals surface area contributed by atoms with E-state index in [1.807, 2.05) is 51.1 Å². The van der Waals surface area contributed by atoms with Crippen LogP contribution >= 0.6 is 0 Å². The summed E-state index contributed by atoms with van der Waals surface area (Å²) in [7, 11) is 0. The fourth-order valence-corrected chi connectivity index (χ4v) is 4.13. The molecule has 0 unspecified atom stereocenters. The highest BCUT2D eigenvalue weighted by molar-refractivity contribution is 5.89. The minimum absolute atomic E-state index is 0.207. The van der Waals surface area contributed by atoms with Gasteiger partial charge in [0.05, 0.1) is 29.3 Å². The Kier molecular flexibility index (Phi) is 3.75. The van der Waals surface area contributed by atoms with Crippen molar-refractivity contribution in [3.05, 3.63) is 35.9 Å². The van der Waals surface area contributed by atoms with Crippen LogP contribution in [0.15, 0.2) is 35.3 Å². The average molecular weight is 315 g/mol. The maximum atomic E-state index is 12.4. The van der Waals surface area contributed by atoms with Crippen LogP contribution in [0, 0.1) is 5.41 Å². The van der Waals surface area contributed by atoms with Gasteiger partial charge in [-0.2, -0.15) is 0 Å². The summed E-state index contributed by atoms with van der Waals surface area (Å²) in [5, 5.41) is 0. The van der Waals surface area contributed by atoms with Gasteiger partial charge < -0.3 is 9.47 Å². The molecule has 1 saturated heterocycles. The number of rotatable bonds is 4. The molecule has 5 nitrogen and oxygen atoms in total. The van der Waals surface area contributed by atoms with Crippen molar-refractivity contribution in [3.8, 4) is 0 Å². The van der Waals surface area contributed by atoms with Gasteiger partial charge in [0.15, 0.2) is 0 Å². The number of benzene rings is 1. The first-order valence-electron chi connectivity index (χ1n) is 7.81. The Balaban J connectivity index is 1.81. The number of carbonyl (C=O) groups is 1. The maximum absolute atomic E-state index is 12.4. The molecule has 1 saturated carbocycles. The standard InChI is InChI=1S/C18H21NO4/c1-16(2)18(15(21)19-12-20)9-14(17(3,11-18)23-16)22-10-13-7-5-4-6-8-13/h4-8,14H,9-11H2,1-3H3/t14-,17+,18+/m0/s1. The van der Waals surface area contributed by atoms with Crippen molar-refractivity contribution in [2.45, 2.75) is 57.5 Å². The highest BCUT2D eigenvalue weighted by atomic mass is 16.6. The topological polar surface area (TPSA) is 65.0 Å². The summed E-state index contributed by atoms with van der Waals surface area (Å²) in [5.41, 5.74) is -0.969. The predicted octanol–water partition coefficient (Wildman–Crippen LogP) is 2.78. The van der Waals surface area contributed by atoms with Crippen molar-refractivity contribution in [2.75, 3.05) is 0 Å². The van der Waals surface area contributed by atoms with Crippen LogP contribution in [0.4, 0.5) is 0 Å². The van der Waals surface area contributed by atoms with E-state index in [0.717, 1.165) is 5.56 Å². The van der Waals surface area contributed by atoms with Crippen LogP contribution in [0.25, 0.3) is 0 Å². The van der Waals surface area contributed by atoms with E-state index in [1.54, 1.807) is 0 Å². The van der Waals surface area contributed by atoms with Gasteiger partial charge in [-0.25, -0.2) is 4.79 Å². The number of nitrogens with zero attached hydrogens (tertiary/aromatic N) is 1. The minimum Gasteiger partial charge on any atom is -0.371 e. The Bertz CT molecular complexity index is 665. The Morgan fingerprint density at radius 2 is 2.04 bits per heavy atom. The predicted molar refractivity (Wildman–Crippen MR) is 83.4 cm³/mol. The zero-order valence-corrected chi connectivity index (χ0v) is 13.7. The third-order valence-electron chi connectivity index (χ3n) is 5.36. The van der Waals surface area contributed by atoms with Gasteiger partial charge in [-0.05, 0) is 39.2 Å². The second-order valence-corrected chi connectivity index (χ2v) is 7.18. The molecule has 3 rings (SSSR count). The van der Waals surface area contributed by atoms with Crippen LogP contribution in [0.5, 0.6) is 0 Å². The van der Waals surface area contributed by atoms with E-state index in [-0.39, 0.29) is 6.10 Å². The van der Waals surface area contributed by atoms with E-state index < -0.39 is 22.5 Å². The number of fused-ring (bicyclic) bond motifs is 2. The second-order valence-electron chi connectivity index (χ2n) is 7.18. The van der Waals surface area contributed by atoms with Crippen LogP contribution < -0.4 is 0 Å². The van der Waals surface area contributed by atoms with E-state index in [0.29, 0.717) is 19.4 Å². The van der Waals surface area contributed by atoms with Gasteiger partial charge >= 0.3 is 0 Å². The van der Waals surface area contributed by atoms with Crippen molar-refractivity contribution in [2.24, 2.45) is 10.4 Å². The van der Waals surface area contributed by atoms with Crippen molar-refractivity contribution < 1.29 is 19.1 Å². The average Bonchev–Trinajstić information content (AvgIpc) is 2.91. The van der Waals surface area contributed by atoms with Crippen LogP contribution in [-0.2, 0) is 25.7 Å². The number of amides is 1. The molecule has 1 aromatic rings. The molecular weight excluding hydrogens is 294 g/mol. The van der Waals surface area contributed by atoms with Gasteiger partial charge in [0.1, 0.15) is 0 Å². The third-order valence-corrected chi connectivity index (χ3v) is 5.36. The lowest BCUT2D eigenvalue weighted by Crippen LogP contribution is -2.52. The largest absolute Gasteiger partial charge is 0.371 e. The first kappa shape index (κ1) is 16.1. The number of isocyanates is 1. The van der Waals surface area contributed by atoms with E-state index in [4.69, 9.17) is 9.47 Å². The van der Waals surface area contributed by atoms with E-state index in [1.165, 1.54) is 6.08 Å². The van der Waals surface area contributed by atoms with Gasteiger partial charge in [-0.3, -0.25) is 4.79 Å². The van der Waals surface area contributed by atoms with Crippen molar-refractivity contribution in [1.29, 1.82) is 0 Å². The molecule has 2 fully saturated rings. The van der Waals surface area contributed by atoms with Crippen molar-refractivity contribution in [3.63, 3.8) is 0 Å². The highest BCUT2D eigenvalue weighted by Crippen LogP contribution is 2.62. The Hall–Kier alpha value is -1.81. The molecule has 2 aliphatic rings. The molecule has 5 heteroatoms. The Morgan fingerprint density at radius 1 is 1.35 bits per heavy atom. The lowest BCUT2D eigenvalue weighted by molar-refractivity contribution is -0.202. The van der Waals surface area contributed by atoms with Crippen molar-refractivity contribution >= 4 is 12.0 Å². The lowest BCUT2D eigenvalue weighted by atomic mass is 9.72. The van der Waals surface area contributed by atoms with Crippen LogP contribution in [0.3, 0.4) is 0 Å². The zero-order chi connectivity index (χ0) is 16.7. The summed E-state index contributed by atoms with van der Waals surface area (Å²) >= 11 is 0. The number of hydrogen-bond donors (Lipinski definition) is 0. The molecule has 0 aromatic heterocycles. The molecule has 1 heterocycles. The maximum Gasteiger partial charge on any atom is 0.265 e. The number of ether oxygens (including phenoxy) is 2. The summed E-state index contributed by atoms with van der Waals surface area (Å²) in [4.78, 5) is 26.4. The minimum atomic E-state index is -0.819. The summed E-state index contributed by atoms with van der Waals surface area (Å²) < 4.78 is 12.2. The van der Waals surface area contributed by atoms with Crippen LogP contribution in [-0.4, -0.2) is 29.3 Å². The third kappa shape index (κ3) is 2.45. The van der Waals surface area contributed by atoms with Crippen molar-refractivity contribution in [1.82, 2.24) is 0 Å². The highest BCUT2D eigenvalue weighted by Gasteiger charge is 2.71. The second kappa shape index (κ2) is 5.38. The van der Waals surface area contributed by atoms with Crippen LogP contribution in [0.1, 0.15) is 39.2 Å². The van der Waals surface area contributed by atoms with E-state index in [2.05, 4.69) is 4.99 Å². The molecule has 0 N–H and O–H groups in total. The molecule has 1 aliphatic carbocycles. The first-order valence-corrected chi connectivity index (χ1v) is 7.81. The monoisotopic (exact) mass is 315 g/mol. The van der Waals surface area contributed by atoms with Crippen LogP contribution in [0.2, 0.25) is 0 Å². The van der Waals surface area contributed by atoms with E-state index >= 15 is 0 Å². The van der Waals surface area contributed by atoms with Gasteiger partial charge in [-0.1, -0.05) is 30.3 Å². The number of aliphatic imine (C=N–C) groups is 1. The molecule has 23 heavy (non-hydrogen) atoms. The van der Waals surface area contributed by atoms with Gasteiger partial charge in [0.2, 0.25) is 6.08 Å². The Labute approximate surface area is 135 Å². The molecule has 3 atom stereocenters. The summed E-state index contributed by atoms with van der Waals surface area (Å²) in [6, 6.07) is 9.88. The summed E-state index contributed by atoms with van der Waals surface area (Å²) in [6.07, 6.45) is 2.18. The lowest BCUT2D eigenvalue weighted by Gasteiger charge is -2.43. The molecule has 0 radical (unpaired) electrons. The summed E-state index contributed by atoms with van der Waals surface area (Å²) in [6.45, 7) is 6.19. The molecule has 122 valence electrons. The quantitative estimate of drug-likeness (QED) is 0.633. The zero-order valence-electron chi connectivity index (χ0n) is 13.7. The SMILES string of the molecule is CC1(C)O[C@]2(C)C[C@@]1(C(=O)N=C=O)C[C@@H]2OCc1ccccc1. The fourth-order valence-electron chi connectivity index (χ4n) is 4.13. The smallest absolute Gasteiger partial charge is 0.265 e. The molecule has 1 aliphatic heterocycles.